The maximum Gasteiger partial charge on any atom is 0.119 e. The third-order valence-electron chi connectivity index (χ3n) is 3.76. The van der Waals surface area contributed by atoms with E-state index in [0.717, 1.165) is 38.5 Å². The van der Waals surface area contributed by atoms with Gasteiger partial charge in [-0.15, -0.1) is 0 Å². The summed E-state index contributed by atoms with van der Waals surface area (Å²) in [5, 5.41) is 3.39. The molecule has 4 heteroatoms. The molecule has 0 bridgehead atoms. The molecule has 0 amide bonds. The van der Waals surface area contributed by atoms with Gasteiger partial charge in [0.25, 0.3) is 0 Å². The SMILES string of the molecule is CC(C)Oc1ccc(CN(C)CCN2CCNCC2)cc1. The summed E-state index contributed by atoms with van der Waals surface area (Å²) in [5.74, 6) is 0.956. The summed E-state index contributed by atoms with van der Waals surface area (Å²) in [6.45, 7) is 12.0. The van der Waals surface area contributed by atoms with Crippen molar-refractivity contribution in [2.75, 3.05) is 46.3 Å². The Kier molecular flexibility index (Phi) is 6.49. The number of hydrogen-bond donors (Lipinski definition) is 1. The van der Waals surface area contributed by atoms with E-state index in [1.165, 1.54) is 18.7 Å². The Balaban J connectivity index is 1.72. The van der Waals surface area contributed by atoms with Crippen LogP contribution >= 0.6 is 0 Å². The van der Waals surface area contributed by atoms with Crippen molar-refractivity contribution in [1.82, 2.24) is 15.1 Å². The van der Waals surface area contributed by atoms with Gasteiger partial charge in [-0.2, -0.15) is 0 Å². The van der Waals surface area contributed by atoms with Crippen molar-refractivity contribution >= 4 is 0 Å². The highest BCUT2D eigenvalue weighted by Gasteiger charge is 2.10. The highest BCUT2D eigenvalue weighted by atomic mass is 16.5. The van der Waals surface area contributed by atoms with Crippen LogP contribution in [0.5, 0.6) is 5.75 Å². The zero-order valence-electron chi connectivity index (χ0n) is 13.6. The normalized spacial score (nSPS) is 16.6. The lowest BCUT2D eigenvalue weighted by atomic mass is 10.2. The molecule has 1 aliphatic rings. The summed E-state index contributed by atoms with van der Waals surface area (Å²) in [5.41, 5.74) is 1.34. The maximum atomic E-state index is 5.67. The lowest BCUT2D eigenvalue weighted by Crippen LogP contribution is -2.45. The first-order valence-corrected chi connectivity index (χ1v) is 8.00. The van der Waals surface area contributed by atoms with E-state index in [2.05, 4.69) is 60.3 Å². The average Bonchev–Trinajstić information content (AvgIpc) is 2.48. The molecular weight excluding hydrogens is 262 g/mol. The molecule has 0 saturated carbocycles. The van der Waals surface area contributed by atoms with Crippen molar-refractivity contribution < 1.29 is 4.74 Å². The van der Waals surface area contributed by atoms with E-state index in [1.807, 2.05) is 0 Å². The first-order valence-electron chi connectivity index (χ1n) is 8.00. The number of nitrogens with one attached hydrogen (secondary N) is 1. The van der Waals surface area contributed by atoms with Crippen LogP contribution in [-0.4, -0.2) is 62.2 Å². The molecule has 1 aliphatic heterocycles. The van der Waals surface area contributed by atoms with Crippen LogP contribution in [0.25, 0.3) is 0 Å². The molecule has 0 aliphatic carbocycles. The average molecular weight is 291 g/mol. The topological polar surface area (TPSA) is 27.7 Å². The second kappa shape index (κ2) is 8.37. The highest BCUT2D eigenvalue weighted by Crippen LogP contribution is 2.14. The molecule has 2 rings (SSSR count). The fraction of sp³-hybridized carbons (Fsp3) is 0.647. The molecular formula is C17H29N3O. The molecule has 1 heterocycles. The van der Waals surface area contributed by atoms with E-state index in [0.29, 0.717) is 0 Å². The van der Waals surface area contributed by atoms with Gasteiger partial charge in [-0.05, 0) is 38.6 Å². The van der Waals surface area contributed by atoms with Gasteiger partial charge < -0.3 is 15.0 Å². The van der Waals surface area contributed by atoms with Gasteiger partial charge in [0.15, 0.2) is 0 Å². The molecule has 0 unspecified atom stereocenters. The van der Waals surface area contributed by atoms with E-state index in [-0.39, 0.29) is 6.10 Å². The van der Waals surface area contributed by atoms with Crippen molar-refractivity contribution in [3.63, 3.8) is 0 Å². The molecule has 4 nitrogen and oxygen atoms in total. The minimum atomic E-state index is 0.234. The number of hydrogen-bond acceptors (Lipinski definition) is 4. The minimum Gasteiger partial charge on any atom is -0.491 e. The van der Waals surface area contributed by atoms with Crippen molar-refractivity contribution in [1.29, 1.82) is 0 Å². The van der Waals surface area contributed by atoms with Crippen LogP contribution in [0.1, 0.15) is 19.4 Å². The molecule has 0 radical (unpaired) electrons. The molecule has 0 aromatic heterocycles. The van der Waals surface area contributed by atoms with Gasteiger partial charge in [-0.25, -0.2) is 0 Å². The van der Waals surface area contributed by atoms with E-state index in [1.54, 1.807) is 0 Å². The van der Waals surface area contributed by atoms with Gasteiger partial charge in [0.05, 0.1) is 6.10 Å². The number of benzene rings is 1. The van der Waals surface area contributed by atoms with Crippen molar-refractivity contribution in [3.8, 4) is 5.75 Å². The Labute approximate surface area is 129 Å². The summed E-state index contributed by atoms with van der Waals surface area (Å²) >= 11 is 0. The van der Waals surface area contributed by atoms with Crippen LogP contribution in [0.4, 0.5) is 0 Å². The van der Waals surface area contributed by atoms with Gasteiger partial charge >= 0.3 is 0 Å². The van der Waals surface area contributed by atoms with Crippen LogP contribution in [0.2, 0.25) is 0 Å². The van der Waals surface area contributed by atoms with Crippen LogP contribution < -0.4 is 10.1 Å². The molecule has 1 aromatic carbocycles. The Morgan fingerprint density at radius 1 is 1.19 bits per heavy atom. The Morgan fingerprint density at radius 3 is 2.48 bits per heavy atom. The Hall–Kier alpha value is -1.10. The molecule has 1 N–H and O–H groups in total. The third-order valence-corrected chi connectivity index (χ3v) is 3.76. The van der Waals surface area contributed by atoms with Gasteiger partial charge in [0.2, 0.25) is 0 Å². The van der Waals surface area contributed by atoms with Gasteiger partial charge in [-0.3, -0.25) is 4.90 Å². The molecule has 1 saturated heterocycles. The molecule has 1 fully saturated rings. The molecule has 21 heavy (non-hydrogen) atoms. The maximum absolute atomic E-state index is 5.67. The number of ether oxygens (including phenoxy) is 1. The van der Waals surface area contributed by atoms with Gasteiger partial charge in [0, 0.05) is 45.8 Å². The predicted molar refractivity (Wildman–Crippen MR) is 87.8 cm³/mol. The number of likely N-dealkylation sites (N-methyl/N-ethyl adjacent to an activating group) is 1. The van der Waals surface area contributed by atoms with Crippen LogP contribution in [0.15, 0.2) is 24.3 Å². The van der Waals surface area contributed by atoms with Crippen LogP contribution in [-0.2, 0) is 6.54 Å². The zero-order chi connectivity index (χ0) is 15.1. The lowest BCUT2D eigenvalue weighted by Gasteiger charge is -2.29. The van der Waals surface area contributed by atoms with E-state index in [9.17, 15) is 0 Å². The minimum absolute atomic E-state index is 0.234. The van der Waals surface area contributed by atoms with Gasteiger partial charge in [0.1, 0.15) is 5.75 Å². The first kappa shape index (κ1) is 16.3. The second-order valence-electron chi connectivity index (χ2n) is 6.14. The van der Waals surface area contributed by atoms with Crippen molar-refractivity contribution in [2.45, 2.75) is 26.5 Å². The Morgan fingerprint density at radius 2 is 1.86 bits per heavy atom. The van der Waals surface area contributed by atoms with E-state index in [4.69, 9.17) is 4.74 Å². The van der Waals surface area contributed by atoms with Crippen molar-refractivity contribution in [3.05, 3.63) is 29.8 Å². The zero-order valence-corrected chi connectivity index (χ0v) is 13.6. The second-order valence-corrected chi connectivity index (χ2v) is 6.14. The van der Waals surface area contributed by atoms with E-state index < -0.39 is 0 Å². The smallest absolute Gasteiger partial charge is 0.119 e. The largest absolute Gasteiger partial charge is 0.491 e. The highest BCUT2D eigenvalue weighted by molar-refractivity contribution is 5.27. The van der Waals surface area contributed by atoms with Crippen LogP contribution in [0.3, 0.4) is 0 Å². The Bertz CT molecular complexity index is 399. The summed E-state index contributed by atoms with van der Waals surface area (Å²) in [4.78, 5) is 4.92. The number of piperazine rings is 1. The molecule has 0 atom stereocenters. The lowest BCUT2D eigenvalue weighted by molar-refractivity contribution is 0.202. The monoisotopic (exact) mass is 291 g/mol. The quantitative estimate of drug-likeness (QED) is 0.829. The number of nitrogens with zero attached hydrogens (tertiary/aromatic N) is 2. The van der Waals surface area contributed by atoms with E-state index >= 15 is 0 Å². The molecule has 1 aromatic rings. The summed E-state index contributed by atoms with van der Waals surface area (Å²) in [6, 6.07) is 8.47. The predicted octanol–water partition coefficient (Wildman–Crippen LogP) is 1.81. The fourth-order valence-electron chi connectivity index (χ4n) is 2.58. The fourth-order valence-corrected chi connectivity index (χ4v) is 2.58. The standard InChI is InChI=1S/C17H29N3O/c1-15(2)21-17-6-4-16(5-7-17)14-19(3)12-13-20-10-8-18-9-11-20/h4-7,15,18H,8-14H2,1-3H3. The molecule has 118 valence electrons. The third kappa shape index (κ3) is 6.04. The number of rotatable bonds is 7. The van der Waals surface area contributed by atoms with Gasteiger partial charge in [-0.1, -0.05) is 12.1 Å². The summed E-state index contributed by atoms with van der Waals surface area (Å²) < 4.78 is 5.67. The summed E-state index contributed by atoms with van der Waals surface area (Å²) in [7, 11) is 2.20. The molecule has 0 spiro atoms. The van der Waals surface area contributed by atoms with Crippen molar-refractivity contribution in [2.24, 2.45) is 0 Å². The summed E-state index contributed by atoms with van der Waals surface area (Å²) in [6.07, 6.45) is 0.234. The first-order chi connectivity index (χ1) is 10.1. The van der Waals surface area contributed by atoms with Crippen LogP contribution in [0, 0.1) is 0 Å².